The molecule has 0 fully saturated rings. The highest BCUT2D eigenvalue weighted by molar-refractivity contribution is 6.31. The second-order valence-electron chi connectivity index (χ2n) is 4.01. The molecule has 0 saturated heterocycles. The van der Waals surface area contributed by atoms with Crippen LogP contribution >= 0.6 is 11.6 Å². The van der Waals surface area contributed by atoms with Crippen LogP contribution in [0.2, 0.25) is 5.02 Å². The normalized spacial score (nSPS) is 10.7. The molecule has 0 aliphatic carbocycles. The van der Waals surface area contributed by atoms with Crippen molar-refractivity contribution in [2.75, 3.05) is 6.61 Å². The summed E-state index contributed by atoms with van der Waals surface area (Å²) < 4.78 is 21.1. The molecule has 2 aromatic heterocycles. The summed E-state index contributed by atoms with van der Waals surface area (Å²) in [5.41, 5.74) is 0.898. The summed E-state index contributed by atoms with van der Waals surface area (Å²) >= 11 is 5.83. The first kappa shape index (κ1) is 12.5. The van der Waals surface area contributed by atoms with E-state index in [2.05, 4.69) is 9.97 Å². The Balaban J connectivity index is 2.28. The first-order valence-electron chi connectivity index (χ1n) is 5.69. The SMILES string of the molecule is N#CCOc1cc(Cl)c(F)c2[nH]cc(-n3ccnc3)c12. The monoisotopic (exact) mass is 290 g/mol. The lowest BCUT2D eigenvalue weighted by Crippen LogP contribution is -1.97. The molecule has 20 heavy (non-hydrogen) atoms. The lowest BCUT2D eigenvalue weighted by Gasteiger charge is -2.08. The molecule has 0 amide bonds. The molecule has 5 nitrogen and oxygen atoms in total. The second-order valence-corrected chi connectivity index (χ2v) is 4.42. The number of hydrogen-bond acceptors (Lipinski definition) is 3. The Kier molecular flexibility index (Phi) is 3.05. The number of fused-ring (bicyclic) bond motifs is 1. The lowest BCUT2D eigenvalue weighted by molar-refractivity contribution is 0.372. The van der Waals surface area contributed by atoms with Gasteiger partial charge in [-0.1, -0.05) is 11.6 Å². The third-order valence-electron chi connectivity index (χ3n) is 2.87. The molecule has 3 rings (SSSR count). The van der Waals surface area contributed by atoms with E-state index in [0.29, 0.717) is 16.8 Å². The molecule has 2 heterocycles. The van der Waals surface area contributed by atoms with Gasteiger partial charge in [-0.05, 0) is 0 Å². The van der Waals surface area contributed by atoms with E-state index in [1.807, 2.05) is 6.07 Å². The molecule has 3 aromatic rings. The first-order valence-corrected chi connectivity index (χ1v) is 6.07. The van der Waals surface area contributed by atoms with Crippen LogP contribution < -0.4 is 4.74 Å². The third-order valence-corrected chi connectivity index (χ3v) is 3.14. The highest BCUT2D eigenvalue weighted by atomic mass is 35.5. The van der Waals surface area contributed by atoms with Crippen LogP contribution in [0.15, 0.2) is 31.0 Å². The summed E-state index contributed by atoms with van der Waals surface area (Å²) in [4.78, 5) is 6.78. The Morgan fingerprint density at radius 1 is 1.55 bits per heavy atom. The Morgan fingerprint density at radius 2 is 2.40 bits per heavy atom. The van der Waals surface area contributed by atoms with Gasteiger partial charge >= 0.3 is 0 Å². The minimum atomic E-state index is -0.558. The van der Waals surface area contributed by atoms with Gasteiger partial charge in [-0.25, -0.2) is 9.37 Å². The number of hydrogen-bond donors (Lipinski definition) is 1. The molecular formula is C13H8ClFN4O. The minimum Gasteiger partial charge on any atom is -0.478 e. The van der Waals surface area contributed by atoms with Crippen LogP contribution in [0.25, 0.3) is 16.6 Å². The summed E-state index contributed by atoms with van der Waals surface area (Å²) in [6.45, 7) is -0.147. The predicted molar refractivity (Wildman–Crippen MR) is 71.5 cm³/mol. The molecule has 0 aliphatic rings. The summed E-state index contributed by atoms with van der Waals surface area (Å²) in [6.07, 6.45) is 6.55. The van der Waals surface area contributed by atoms with Crippen LogP contribution in [0.4, 0.5) is 4.39 Å². The Morgan fingerprint density at radius 3 is 3.10 bits per heavy atom. The highest BCUT2D eigenvalue weighted by Gasteiger charge is 2.18. The van der Waals surface area contributed by atoms with Crippen molar-refractivity contribution in [1.29, 1.82) is 5.26 Å². The van der Waals surface area contributed by atoms with E-state index in [0.717, 1.165) is 0 Å². The van der Waals surface area contributed by atoms with Crippen molar-refractivity contribution in [3.8, 4) is 17.5 Å². The average molecular weight is 291 g/mol. The summed E-state index contributed by atoms with van der Waals surface area (Å²) in [5.74, 6) is -0.213. The zero-order chi connectivity index (χ0) is 14.1. The van der Waals surface area contributed by atoms with Crippen molar-refractivity contribution >= 4 is 22.5 Å². The van der Waals surface area contributed by atoms with Crippen molar-refractivity contribution in [3.05, 3.63) is 41.8 Å². The number of nitrogens with one attached hydrogen (secondary N) is 1. The molecule has 0 bridgehead atoms. The summed E-state index contributed by atoms with van der Waals surface area (Å²) in [5, 5.41) is 9.07. The number of H-pyrrole nitrogens is 1. The number of benzene rings is 1. The van der Waals surface area contributed by atoms with Gasteiger partial charge in [0.1, 0.15) is 11.8 Å². The number of nitrogens with zero attached hydrogens (tertiary/aromatic N) is 3. The zero-order valence-corrected chi connectivity index (χ0v) is 10.9. The maximum absolute atomic E-state index is 14.0. The lowest BCUT2D eigenvalue weighted by atomic mass is 10.2. The summed E-state index contributed by atoms with van der Waals surface area (Å²) in [6, 6.07) is 3.24. The van der Waals surface area contributed by atoms with Gasteiger partial charge in [0.2, 0.25) is 0 Å². The second kappa shape index (κ2) is 4.87. The van der Waals surface area contributed by atoms with E-state index in [1.165, 1.54) is 6.07 Å². The number of halogens is 2. The molecule has 0 spiro atoms. The van der Waals surface area contributed by atoms with Gasteiger partial charge in [0.25, 0.3) is 0 Å². The van der Waals surface area contributed by atoms with E-state index < -0.39 is 5.82 Å². The molecule has 0 radical (unpaired) electrons. The maximum atomic E-state index is 14.0. The zero-order valence-electron chi connectivity index (χ0n) is 10.1. The number of aromatic amines is 1. The van der Waals surface area contributed by atoms with Crippen LogP contribution in [0, 0.1) is 17.1 Å². The third kappa shape index (κ3) is 1.89. The quantitative estimate of drug-likeness (QED) is 0.806. The molecular weight excluding hydrogens is 283 g/mol. The van der Waals surface area contributed by atoms with E-state index in [1.54, 1.807) is 29.5 Å². The minimum absolute atomic E-state index is 0.0653. The number of aromatic nitrogens is 3. The molecule has 0 saturated carbocycles. The molecule has 0 atom stereocenters. The van der Waals surface area contributed by atoms with E-state index >= 15 is 0 Å². The van der Waals surface area contributed by atoms with Gasteiger partial charge in [-0.3, -0.25) is 0 Å². The van der Waals surface area contributed by atoms with Gasteiger partial charge in [0.15, 0.2) is 12.4 Å². The van der Waals surface area contributed by atoms with E-state index in [4.69, 9.17) is 21.6 Å². The Hall–Kier alpha value is -2.52. The van der Waals surface area contributed by atoms with Crippen LogP contribution in [0.5, 0.6) is 5.75 Å². The molecule has 1 aromatic carbocycles. The molecule has 1 N–H and O–H groups in total. The van der Waals surface area contributed by atoms with Crippen LogP contribution in [-0.4, -0.2) is 21.1 Å². The van der Waals surface area contributed by atoms with Crippen molar-refractivity contribution < 1.29 is 9.13 Å². The van der Waals surface area contributed by atoms with Crippen molar-refractivity contribution in [1.82, 2.24) is 14.5 Å². The van der Waals surface area contributed by atoms with E-state index in [9.17, 15) is 4.39 Å². The average Bonchev–Trinajstić information content (AvgIpc) is 3.09. The van der Waals surface area contributed by atoms with E-state index in [-0.39, 0.29) is 17.1 Å². The van der Waals surface area contributed by atoms with Crippen molar-refractivity contribution in [2.45, 2.75) is 0 Å². The van der Waals surface area contributed by atoms with Crippen molar-refractivity contribution in [2.24, 2.45) is 0 Å². The number of imidazole rings is 1. The van der Waals surface area contributed by atoms with Gasteiger partial charge in [-0.2, -0.15) is 5.26 Å². The topological polar surface area (TPSA) is 66.6 Å². The summed E-state index contributed by atoms with van der Waals surface area (Å²) in [7, 11) is 0. The Labute approximate surface area is 118 Å². The van der Waals surface area contributed by atoms with Crippen LogP contribution in [0.1, 0.15) is 0 Å². The van der Waals surface area contributed by atoms with Gasteiger partial charge in [0.05, 0.1) is 27.9 Å². The smallest absolute Gasteiger partial charge is 0.174 e. The van der Waals surface area contributed by atoms with Gasteiger partial charge in [-0.15, -0.1) is 0 Å². The van der Waals surface area contributed by atoms with Gasteiger partial charge in [0, 0.05) is 24.7 Å². The fraction of sp³-hybridized carbons (Fsp3) is 0.0769. The maximum Gasteiger partial charge on any atom is 0.174 e. The number of nitriles is 1. The molecule has 0 unspecified atom stereocenters. The first-order chi connectivity index (χ1) is 9.72. The van der Waals surface area contributed by atoms with Crippen LogP contribution in [-0.2, 0) is 0 Å². The van der Waals surface area contributed by atoms with Crippen LogP contribution in [0.3, 0.4) is 0 Å². The molecule has 0 aliphatic heterocycles. The van der Waals surface area contributed by atoms with Crippen molar-refractivity contribution in [3.63, 3.8) is 0 Å². The number of rotatable bonds is 3. The largest absolute Gasteiger partial charge is 0.478 e. The highest BCUT2D eigenvalue weighted by Crippen LogP contribution is 2.36. The standard InChI is InChI=1S/C13H8ClFN4O/c14-8-5-10(20-4-1-16)11-9(19-3-2-17-7-19)6-18-13(11)12(8)15/h2-3,5-7,18H,4H2. The Bertz CT molecular complexity index is 804. The molecule has 100 valence electrons. The fourth-order valence-corrected chi connectivity index (χ4v) is 2.23. The predicted octanol–water partition coefficient (Wildman–Crippen LogP) is 3.05. The van der Waals surface area contributed by atoms with Gasteiger partial charge < -0.3 is 14.3 Å². The molecule has 7 heteroatoms. The number of ether oxygens (including phenoxy) is 1. The fourth-order valence-electron chi connectivity index (χ4n) is 2.03.